The van der Waals surface area contributed by atoms with Gasteiger partial charge in [-0.15, -0.1) is 0 Å². The fourth-order valence-electron chi connectivity index (χ4n) is 3.28. The van der Waals surface area contributed by atoms with Gasteiger partial charge in [-0.2, -0.15) is 5.10 Å². The number of fused-ring (bicyclic) bond motifs is 1. The molecule has 0 bridgehead atoms. The van der Waals surface area contributed by atoms with E-state index in [2.05, 4.69) is 39.3 Å². The Morgan fingerprint density at radius 1 is 1.14 bits per heavy atom. The maximum atomic E-state index is 12.8. The van der Waals surface area contributed by atoms with E-state index < -0.39 is 0 Å². The number of para-hydroxylation sites is 1. The predicted molar refractivity (Wildman–Crippen MR) is 84.7 cm³/mol. The first-order valence-corrected chi connectivity index (χ1v) is 7.67. The minimum absolute atomic E-state index is 0.0980. The van der Waals surface area contributed by atoms with E-state index in [0.29, 0.717) is 6.04 Å². The van der Waals surface area contributed by atoms with E-state index in [1.165, 1.54) is 0 Å². The van der Waals surface area contributed by atoms with Crippen molar-refractivity contribution < 1.29 is 4.79 Å². The minimum atomic E-state index is 0.0980. The average Bonchev–Trinajstić information content (AvgIpc) is 3.25. The SMILES string of the molecule is O=C(c1cccc2cn[nH]c12)N1CCC(n2cccc2)CC1. The number of benzene rings is 1. The number of nitrogens with zero attached hydrogens (tertiary/aromatic N) is 3. The third-order valence-electron chi connectivity index (χ3n) is 4.51. The summed E-state index contributed by atoms with van der Waals surface area (Å²) in [4.78, 5) is 14.7. The fourth-order valence-corrected chi connectivity index (χ4v) is 3.28. The maximum absolute atomic E-state index is 12.8. The van der Waals surface area contributed by atoms with E-state index >= 15 is 0 Å². The van der Waals surface area contributed by atoms with Gasteiger partial charge in [-0.25, -0.2) is 0 Å². The van der Waals surface area contributed by atoms with Gasteiger partial charge in [0.2, 0.25) is 0 Å². The van der Waals surface area contributed by atoms with Crippen molar-refractivity contribution in [2.45, 2.75) is 18.9 Å². The molecule has 112 valence electrons. The number of rotatable bonds is 2. The second kappa shape index (κ2) is 5.33. The van der Waals surface area contributed by atoms with Gasteiger partial charge in [0.25, 0.3) is 5.91 Å². The summed E-state index contributed by atoms with van der Waals surface area (Å²) in [6.07, 6.45) is 7.96. The molecule has 0 aliphatic carbocycles. The van der Waals surface area contributed by atoms with Crippen LogP contribution in [0.4, 0.5) is 0 Å². The van der Waals surface area contributed by atoms with Crippen LogP contribution in [0.5, 0.6) is 0 Å². The third-order valence-corrected chi connectivity index (χ3v) is 4.51. The lowest BCUT2D eigenvalue weighted by Gasteiger charge is -2.33. The van der Waals surface area contributed by atoms with E-state index in [-0.39, 0.29) is 5.91 Å². The quantitative estimate of drug-likeness (QED) is 0.790. The summed E-state index contributed by atoms with van der Waals surface area (Å²) in [5, 5.41) is 7.95. The summed E-state index contributed by atoms with van der Waals surface area (Å²) < 4.78 is 2.25. The molecule has 1 aliphatic heterocycles. The number of carbonyl (C=O) groups is 1. The summed E-state index contributed by atoms with van der Waals surface area (Å²) >= 11 is 0. The number of hydrogen-bond acceptors (Lipinski definition) is 2. The molecule has 0 spiro atoms. The zero-order valence-corrected chi connectivity index (χ0v) is 12.3. The smallest absolute Gasteiger partial charge is 0.256 e. The molecule has 1 aliphatic rings. The monoisotopic (exact) mass is 294 g/mol. The summed E-state index contributed by atoms with van der Waals surface area (Å²) in [5.74, 6) is 0.0980. The molecule has 1 aromatic carbocycles. The standard InChI is InChI=1S/C17H18N4O/c22-17(15-5-3-4-13-12-18-19-16(13)15)21-10-6-14(7-11-21)20-8-1-2-9-20/h1-5,8-9,12,14H,6-7,10-11H2,(H,18,19). The van der Waals surface area contributed by atoms with E-state index in [4.69, 9.17) is 0 Å². The molecule has 3 heterocycles. The second-order valence-electron chi connectivity index (χ2n) is 5.79. The van der Waals surface area contributed by atoms with Crippen molar-refractivity contribution in [3.63, 3.8) is 0 Å². The molecule has 1 fully saturated rings. The van der Waals surface area contributed by atoms with E-state index in [1.54, 1.807) is 6.20 Å². The lowest BCUT2D eigenvalue weighted by Crippen LogP contribution is -2.39. The molecule has 0 radical (unpaired) electrons. The van der Waals surface area contributed by atoms with Crippen LogP contribution < -0.4 is 0 Å². The van der Waals surface area contributed by atoms with Crippen LogP contribution in [0.3, 0.4) is 0 Å². The third kappa shape index (κ3) is 2.19. The van der Waals surface area contributed by atoms with Crippen molar-refractivity contribution in [1.82, 2.24) is 19.7 Å². The van der Waals surface area contributed by atoms with Gasteiger partial charge in [-0.1, -0.05) is 12.1 Å². The normalized spacial score (nSPS) is 16.3. The van der Waals surface area contributed by atoms with Crippen LogP contribution in [0.15, 0.2) is 48.9 Å². The van der Waals surface area contributed by atoms with Gasteiger partial charge in [0.05, 0.1) is 17.3 Å². The first-order chi connectivity index (χ1) is 10.8. The Morgan fingerprint density at radius 3 is 2.68 bits per heavy atom. The van der Waals surface area contributed by atoms with Crippen molar-refractivity contribution >= 4 is 16.8 Å². The van der Waals surface area contributed by atoms with Gasteiger partial charge in [0.1, 0.15) is 0 Å². The second-order valence-corrected chi connectivity index (χ2v) is 5.79. The first-order valence-electron chi connectivity index (χ1n) is 7.67. The van der Waals surface area contributed by atoms with Crippen molar-refractivity contribution in [3.05, 3.63) is 54.5 Å². The summed E-state index contributed by atoms with van der Waals surface area (Å²) in [6, 6.07) is 10.4. The van der Waals surface area contributed by atoms with Crippen LogP contribution in [0.1, 0.15) is 29.2 Å². The number of piperidine rings is 1. The lowest BCUT2D eigenvalue weighted by molar-refractivity contribution is 0.0696. The molecule has 0 saturated carbocycles. The average molecular weight is 294 g/mol. The Labute approximate surface area is 128 Å². The highest BCUT2D eigenvalue weighted by atomic mass is 16.2. The van der Waals surface area contributed by atoms with Crippen LogP contribution >= 0.6 is 0 Å². The highest BCUT2D eigenvalue weighted by molar-refractivity contribution is 6.05. The van der Waals surface area contributed by atoms with Crippen molar-refractivity contribution in [2.24, 2.45) is 0 Å². The Kier molecular flexibility index (Phi) is 3.18. The molecule has 4 rings (SSSR count). The number of aromatic nitrogens is 3. The zero-order valence-electron chi connectivity index (χ0n) is 12.3. The first kappa shape index (κ1) is 13.1. The molecule has 1 N–H and O–H groups in total. The van der Waals surface area contributed by atoms with Gasteiger partial charge in [-0.3, -0.25) is 9.89 Å². The predicted octanol–water partition coefficient (Wildman–Crippen LogP) is 2.84. The van der Waals surface area contributed by atoms with Crippen molar-refractivity contribution in [3.8, 4) is 0 Å². The number of hydrogen-bond donors (Lipinski definition) is 1. The molecule has 5 heteroatoms. The Morgan fingerprint density at radius 2 is 1.91 bits per heavy atom. The molecule has 0 unspecified atom stereocenters. The van der Waals surface area contributed by atoms with Gasteiger partial charge >= 0.3 is 0 Å². The number of nitrogens with one attached hydrogen (secondary N) is 1. The highest BCUT2D eigenvalue weighted by Gasteiger charge is 2.25. The van der Waals surface area contributed by atoms with Crippen LogP contribution in [0.25, 0.3) is 10.9 Å². The van der Waals surface area contributed by atoms with Crippen molar-refractivity contribution in [2.75, 3.05) is 13.1 Å². The minimum Gasteiger partial charge on any atom is -0.351 e. The molecule has 1 saturated heterocycles. The summed E-state index contributed by atoms with van der Waals surface area (Å²) in [7, 11) is 0. The molecular weight excluding hydrogens is 276 g/mol. The van der Waals surface area contributed by atoms with Gasteiger partial charge < -0.3 is 9.47 Å². The number of amides is 1. The number of carbonyl (C=O) groups excluding carboxylic acids is 1. The van der Waals surface area contributed by atoms with E-state index in [1.807, 2.05) is 23.1 Å². The molecule has 5 nitrogen and oxygen atoms in total. The van der Waals surface area contributed by atoms with Gasteiger partial charge in [0.15, 0.2) is 0 Å². The largest absolute Gasteiger partial charge is 0.351 e. The Bertz CT molecular complexity index is 782. The maximum Gasteiger partial charge on any atom is 0.256 e. The van der Waals surface area contributed by atoms with Crippen LogP contribution in [0.2, 0.25) is 0 Å². The zero-order chi connectivity index (χ0) is 14.9. The van der Waals surface area contributed by atoms with Crippen LogP contribution in [-0.2, 0) is 0 Å². The molecular formula is C17H18N4O. The van der Waals surface area contributed by atoms with E-state index in [0.717, 1.165) is 42.4 Å². The summed E-state index contributed by atoms with van der Waals surface area (Å²) in [5.41, 5.74) is 1.55. The Hall–Kier alpha value is -2.56. The van der Waals surface area contributed by atoms with Crippen molar-refractivity contribution in [1.29, 1.82) is 0 Å². The van der Waals surface area contributed by atoms with Gasteiger partial charge in [0, 0.05) is 36.9 Å². The van der Waals surface area contributed by atoms with Crippen LogP contribution in [-0.4, -0.2) is 38.7 Å². The van der Waals surface area contributed by atoms with Crippen LogP contribution in [0, 0.1) is 0 Å². The Balaban J connectivity index is 1.51. The number of likely N-dealkylation sites (tertiary alicyclic amines) is 1. The number of aromatic amines is 1. The molecule has 22 heavy (non-hydrogen) atoms. The topological polar surface area (TPSA) is 53.9 Å². The fraction of sp³-hybridized carbons (Fsp3) is 0.294. The molecule has 2 aromatic heterocycles. The molecule has 0 atom stereocenters. The molecule has 1 amide bonds. The number of H-pyrrole nitrogens is 1. The van der Waals surface area contributed by atoms with Gasteiger partial charge in [-0.05, 0) is 31.0 Å². The summed E-state index contributed by atoms with van der Waals surface area (Å²) in [6.45, 7) is 1.60. The molecule has 3 aromatic rings. The lowest BCUT2D eigenvalue weighted by atomic mass is 10.0. The van der Waals surface area contributed by atoms with E-state index in [9.17, 15) is 4.79 Å². The highest BCUT2D eigenvalue weighted by Crippen LogP contribution is 2.25.